The molecule has 1 aliphatic rings. The van der Waals surface area contributed by atoms with Gasteiger partial charge >= 0.3 is 0 Å². The van der Waals surface area contributed by atoms with E-state index < -0.39 is 0 Å². The van der Waals surface area contributed by atoms with Gasteiger partial charge in [0, 0.05) is 13.1 Å². The molecule has 1 unspecified atom stereocenters. The Kier molecular flexibility index (Phi) is 5.03. The molecule has 3 heteroatoms. The van der Waals surface area contributed by atoms with Crippen LogP contribution in [0.5, 0.6) is 0 Å². The van der Waals surface area contributed by atoms with Crippen molar-refractivity contribution in [1.29, 1.82) is 0 Å². The number of likely N-dealkylation sites (N-methyl/N-ethyl adjacent to an activating group) is 1. The van der Waals surface area contributed by atoms with E-state index in [2.05, 4.69) is 31.0 Å². The van der Waals surface area contributed by atoms with Crippen LogP contribution in [0.3, 0.4) is 0 Å². The van der Waals surface area contributed by atoms with E-state index in [1.165, 1.54) is 12.8 Å². The maximum Gasteiger partial charge on any atom is 0.0791 e. The highest BCUT2D eigenvalue weighted by molar-refractivity contribution is 4.79. The highest BCUT2D eigenvalue weighted by Gasteiger charge is 2.25. The summed E-state index contributed by atoms with van der Waals surface area (Å²) < 4.78 is 0. The molecule has 0 saturated carbocycles. The number of hydrogen-bond acceptors (Lipinski definition) is 3. The van der Waals surface area contributed by atoms with Crippen LogP contribution in [0.25, 0.3) is 0 Å². The Labute approximate surface area is 93.9 Å². The van der Waals surface area contributed by atoms with E-state index in [0.717, 1.165) is 32.7 Å². The molecule has 1 aliphatic heterocycles. The van der Waals surface area contributed by atoms with Crippen LogP contribution in [0.15, 0.2) is 0 Å². The number of likely N-dealkylation sites (tertiary alicyclic amines) is 1. The van der Waals surface area contributed by atoms with Crippen LogP contribution < -0.4 is 5.32 Å². The van der Waals surface area contributed by atoms with Crippen LogP contribution in [-0.4, -0.2) is 48.8 Å². The molecular weight excluding hydrogens is 188 g/mol. The molecule has 1 fully saturated rings. The summed E-state index contributed by atoms with van der Waals surface area (Å²) in [6.07, 6.45) is 2.29. The van der Waals surface area contributed by atoms with Crippen molar-refractivity contribution in [3.63, 3.8) is 0 Å². The van der Waals surface area contributed by atoms with E-state index in [1.54, 1.807) is 0 Å². The zero-order valence-corrected chi connectivity index (χ0v) is 10.4. The van der Waals surface area contributed by atoms with Crippen molar-refractivity contribution in [3.8, 4) is 0 Å². The fourth-order valence-electron chi connectivity index (χ4n) is 2.01. The Balaban J connectivity index is 2.17. The van der Waals surface area contributed by atoms with E-state index in [9.17, 15) is 5.11 Å². The van der Waals surface area contributed by atoms with Crippen molar-refractivity contribution < 1.29 is 5.11 Å². The Bertz CT molecular complexity index is 172. The fourth-order valence-corrected chi connectivity index (χ4v) is 2.01. The Morgan fingerprint density at radius 1 is 1.33 bits per heavy atom. The van der Waals surface area contributed by atoms with Gasteiger partial charge in [-0.25, -0.2) is 0 Å². The lowest BCUT2D eigenvalue weighted by Crippen LogP contribution is -2.43. The zero-order valence-electron chi connectivity index (χ0n) is 10.4. The van der Waals surface area contributed by atoms with E-state index in [-0.39, 0.29) is 6.10 Å². The van der Waals surface area contributed by atoms with E-state index >= 15 is 0 Å². The number of aliphatic hydroxyl groups excluding tert-OH is 1. The zero-order chi connectivity index (χ0) is 11.3. The average Bonchev–Trinajstić information content (AvgIpc) is 2.18. The standard InChI is InChI=1S/C12H26N2O/c1-4-13-9-11(15)10-14-7-5-12(2,3)6-8-14/h11,13,15H,4-10H2,1-3H3. The quantitative estimate of drug-likeness (QED) is 0.719. The summed E-state index contributed by atoms with van der Waals surface area (Å²) in [5.74, 6) is 0. The van der Waals surface area contributed by atoms with Crippen LogP contribution in [0.4, 0.5) is 0 Å². The molecule has 15 heavy (non-hydrogen) atoms. The van der Waals surface area contributed by atoms with Gasteiger partial charge in [0.25, 0.3) is 0 Å². The molecule has 90 valence electrons. The minimum atomic E-state index is -0.217. The molecule has 0 spiro atoms. The average molecular weight is 214 g/mol. The van der Waals surface area contributed by atoms with Crippen molar-refractivity contribution in [2.24, 2.45) is 5.41 Å². The number of rotatable bonds is 5. The lowest BCUT2D eigenvalue weighted by atomic mass is 9.82. The van der Waals surface area contributed by atoms with E-state index in [0.29, 0.717) is 5.41 Å². The first-order chi connectivity index (χ1) is 7.03. The maximum absolute atomic E-state index is 9.76. The van der Waals surface area contributed by atoms with Gasteiger partial charge in [0.1, 0.15) is 0 Å². The van der Waals surface area contributed by atoms with Gasteiger partial charge in [-0.3, -0.25) is 0 Å². The summed E-state index contributed by atoms with van der Waals surface area (Å²) in [7, 11) is 0. The molecule has 1 atom stereocenters. The minimum absolute atomic E-state index is 0.217. The second-order valence-electron chi connectivity index (χ2n) is 5.43. The molecular formula is C12H26N2O. The number of nitrogens with one attached hydrogen (secondary N) is 1. The molecule has 1 rings (SSSR count). The topological polar surface area (TPSA) is 35.5 Å². The van der Waals surface area contributed by atoms with Crippen LogP contribution in [0.2, 0.25) is 0 Å². The summed E-state index contributed by atoms with van der Waals surface area (Å²) in [5, 5.41) is 12.9. The smallest absolute Gasteiger partial charge is 0.0791 e. The fraction of sp³-hybridized carbons (Fsp3) is 1.00. The molecule has 1 saturated heterocycles. The molecule has 0 aromatic rings. The van der Waals surface area contributed by atoms with Gasteiger partial charge in [0.2, 0.25) is 0 Å². The largest absolute Gasteiger partial charge is 0.390 e. The summed E-state index contributed by atoms with van der Waals surface area (Å²) in [5.41, 5.74) is 0.503. The molecule has 1 heterocycles. The number of hydrogen-bond donors (Lipinski definition) is 2. The summed E-state index contributed by atoms with van der Waals surface area (Å²) in [6, 6.07) is 0. The van der Waals surface area contributed by atoms with Crippen LogP contribution in [0.1, 0.15) is 33.6 Å². The van der Waals surface area contributed by atoms with Crippen molar-refractivity contribution in [2.45, 2.75) is 39.7 Å². The second kappa shape index (κ2) is 5.83. The second-order valence-corrected chi connectivity index (χ2v) is 5.43. The lowest BCUT2D eigenvalue weighted by Gasteiger charge is -2.37. The van der Waals surface area contributed by atoms with Gasteiger partial charge in [-0.2, -0.15) is 0 Å². The minimum Gasteiger partial charge on any atom is -0.390 e. The highest BCUT2D eigenvalue weighted by Crippen LogP contribution is 2.29. The van der Waals surface area contributed by atoms with E-state index in [1.807, 2.05) is 0 Å². The molecule has 2 N–H and O–H groups in total. The van der Waals surface area contributed by atoms with Gasteiger partial charge in [0.05, 0.1) is 6.10 Å². The van der Waals surface area contributed by atoms with Gasteiger partial charge in [-0.1, -0.05) is 20.8 Å². The summed E-state index contributed by atoms with van der Waals surface area (Å²) >= 11 is 0. The molecule has 0 bridgehead atoms. The molecule has 0 aromatic heterocycles. The highest BCUT2D eigenvalue weighted by atomic mass is 16.3. The maximum atomic E-state index is 9.76. The van der Waals surface area contributed by atoms with Crippen LogP contribution in [0, 0.1) is 5.41 Å². The van der Waals surface area contributed by atoms with Gasteiger partial charge in [-0.15, -0.1) is 0 Å². The SMILES string of the molecule is CCNCC(O)CN1CCC(C)(C)CC1. The lowest BCUT2D eigenvalue weighted by molar-refractivity contribution is 0.0706. The Morgan fingerprint density at radius 3 is 2.47 bits per heavy atom. The van der Waals surface area contributed by atoms with E-state index in [4.69, 9.17) is 0 Å². The van der Waals surface area contributed by atoms with Gasteiger partial charge in [-0.05, 0) is 37.9 Å². The summed E-state index contributed by atoms with van der Waals surface area (Å²) in [6.45, 7) is 11.5. The normalized spacial score (nSPS) is 24.0. The predicted molar refractivity (Wildman–Crippen MR) is 64.0 cm³/mol. The molecule has 0 amide bonds. The third-order valence-corrected chi connectivity index (χ3v) is 3.31. The summed E-state index contributed by atoms with van der Waals surface area (Å²) in [4.78, 5) is 2.38. The molecule has 0 radical (unpaired) electrons. The molecule has 3 nitrogen and oxygen atoms in total. The molecule has 0 aromatic carbocycles. The van der Waals surface area contributed by atoms with Crippen molar-refractivity contribution >= 4 is 0 Å². The third-order valence-electron chi connectivity index (χ3n) is 3.31. The predicted octanol–water partition coefficient (Wildman–Crippen LogP) is 1.08. The van der Waals surface area contributed by atoms with Gasteiger partial charge < -0.3 is 15.3 Å². The van der Waals surface area contributed by atoms with Crippen molar-refractivity contribution in [3.05, 3.63) is 0 Å². The van der Waals surface area contributed by atoms with Crippen LogP contribution in [-0.2, 0) is 0 Å². The van der Waals surface area contributed by atoms with Crippen molar-refractivity contribution in [2.75, 3.05) is 32.7 Å². The van der Waals surface area contributed by atoms with Gasteiger partial charge in [0.15, 0.2) is 0 Å². The molecule has 0 aliphatic carbocycles. The number of aliphatic hydroxyl groups is 1. The third kappa shape index (κ3) is 4.96. The first-order valence-electron chi connectivity index (χ1n) is 6.14. The number of nitrogens with zero attached hydrogens (tertiary/aromatic N) is 1. The number of piperidine rings is 1. The van der Waals surface area contributed by atoms with Crippen molar-refractivity contribution in [1.82, 2.24) is 10.2 Å². The number of β-amino-alcohol motifs (C(OH)–C–C–N with tert-alkyl or cyclic N) is 1. The first-order valence-corrected chi connectivity index (χ1v) is 6.14. The Hall–Kier alpha value is -0.120. The Morgan fingerprint density at radius 2 is 1.93 bits per heavy atom. The monoisotopic (exact) mass is 214 g/mol. The van der Waals surface area contributed by atoms with Crippen LogP contribution >= 0.6 is 0 Å². The first kappa shape index (κ1) is 12.9.